The maximum absolute atomic E-state index is 11.4. The molecular formula is C12H20N2O. The molecule has 0 aromatic heterocycles. The van der Waals surface area contributed by atoms with E-state index in [1.165, 1.54) is 19.3 Å². The molecule has 2 rings (SSSR count). The molecule has 1 aliphatic carbocycles. The number of nitrogens with one attached hydrogen (secondary N) is 2. The first-order chi connectivity index (χ1) is 7.24. The largest absolute Gasteiger partial charge is 0.350 e. The van der Waals surface area contributed by atoms with E-state index >= 15 is 0 Å². The monoisotopic (exact) mass is 208 g/mol. The van der Waals surface area contributed by atoms with Gasteiger partial charge in [0, 0.05) is 11.6 Å². The number of piperidine rings is 1. The molecule has 1 heterocycles. The smallest absolute Gasteiger partial charge is 0.243 e. The summed E-state index contributed by atoms with van der Waals surface area (Å²) in [7, 11) is 0. The quantitative estimate of drug-likeness (QED) is 0.673. The number of amides is 1. The molecule has 3 nitrogen and oxygen atoms in total. The lowest BCUT2D eigenvalue weighted by atomic mass is 9.70. The Labute approximate surface area is 91.3 Å². The van der Waals surface area contributed by atoms with Crippen molar-refractivity contribution in [1.82, 2.24) is 10.6 Å². The normalized spacial score (nSPS) is 29.0. The van der Waals surface area contributed by atoms with Crippen LogP contribution in [-0.2, 0) is 4.79 Å². The van der Waals surface area contributed by atoms with Crippen LogP contribution >= 0.6 is 0 Å². The van der Waals surface area contributed by atoms with E-state index in [0.717, 1.165) is 19.4 Å². The van der Waals surface area contributed by atoms with Crippen molar-refractivity contribution in [2.24, 2.45) is 0 Å². The lowest BCUT2D eigenvalue weighted by Gasteiger charge is -2.48. The van der Waals surface area contributed by atoms with Crippen LogP contribution in [0, 0.1) is 0 Å². The van der Waals surface area contributed by atoms with Gasteiger partial charge in [-0.25, -0.2) is 0 Å². The maximum atomic E-state index is 11.4. The predicted molar refractivity (Wildman–Crippen MR) is 60.6 cm³/mol. The molecule has 2 N–H and O–H groups in total. The van der Waals surface area contributed by atoms with Crippen molar-refractivity contribution in [3.63, 3.8) is 0 Å². The molecule has 1 aliphatic heterocycles. The van der Waals surface area contributed by atoms with Gasteiger partial charge in [-0.3, -0.25) is 4.79 Å². The minimum Gasteiger partial charge on any atom is -0.350 e. The molecular weight excluding hydrogens is 188 g/mol. The summed E-state index contributed by atoms with van der Waals surface area (Å²) in [6.07, 6.45) is 9.46. The van der Waals surface area contributed by atoms with Gasteiger partial charge in [0.15, 0.2) is 0 Å². The third kappa shape index (κ3) is 2.40. The van der Waals surface area contributed by atoms with E-state index in [2.05, 4.69) is 10.6 Å². The predicted octanol–water partition coefficient (Wildman–Crippen LogP) is 1.35. The van der Waals surface area contributed by atoms with Gasteiger partial charge in [0.1, 0.15) is 0 Å². The highest BCUT2D eigenvalue weighted by Crippen LogP contribution is 2.38. The minimum atomic E-state index is 0.0545. The summed E-state index contributed by atoms with van der Waals surface area (Å²) < 4.78 is 0. The molecule has 1 amide bonds. The van der Waals surface area contributed by atoms with E-state index < -0.39 is 0 Å². The van der Waals surface area contributed by atoms with Gasteiger partial charge in [-0.15, -0.1) is 0 Å². The molecule has 84 valence electrons. The number of carbonyl (C=O) groups excluding carboxylic acids is 1. The number of carbonyl (C=O) groups is 1. The molecule has 1 spiro atoms. The molecule has 0 radical (unpaired) electrons. The highest BCUT2D eigenvalue weighted by atomic mass is 16.1. The summed E-state index contributed by atoms with van der Waals surface area (Å²) in [5.41, 5.74) is 0.367. The zero-order valence-electron chi connectivity index (χ0n) is 9.38. The second-order valence-electron chi connectivity index (χ2n) is 4.76. The molecule has 0 aromatic carbocycles. The second kappa shape index (κ2) is 4.35. The first-order valence-corrected chi connectivity index (χ1v) is 5.92. The number of hydrogen-bond donors (Lipinski definition) is 2. The fraction of sp³-hybridized carbons (Fsp3) is 0.750. The van der Waals surface area contributed by atoms with Gasteiger partial charge >= 0.3 is 0 Å². The topological polar surface area (TPSA) is 41.1 Å². The van der Waals surface area contributed by atoms with Crippen molar-refractivity contribution in [2.45, 2.75) is 50.6 Å². The summed E-state index contributed by atoms with van der Waals surface area (Å²) in [6, 6.07) is 0.371. The van der Waals surface area contributed by atoms with Crippen LogP contribution < -0.4 is 10.6 Å². The second-order valence-corrected chi connectivity index (χ2v) is 4.76. The number of allylic oxidation sites excluding steroid dienone is 1. The highest BCUT2D eigenvalue weighted by Gasteiger charge is 2.40. The van der Waals surface area contributed by atoms with Crippen LogP contribution in [0.1, 0.15) is 39.0 Å². The van der Waals surface area contributed by atoms with Crippen LogP contribution in [0.3, 0.4) is 0 Å². The van der Waals surface area contributed by atoms with E-state index in [1.54, 1.807) is 12.2 Å². The van der Waals surface area contributed by atoms with Gasteiger partial charge in [-0.2, -0.15) is 0 Å². The molecule has 15 heavy (non-hydrogen) atoms. The lowest BCUT2D eigenvalue weighted by Crippen LogP contribution is -2.59. The molecule has 2 fully saturated rings. The third-order valence-electron chi connectivity index (χ3n) is 3.61. The van der Waals surface area contributed by atoms with Crippen molar-refractivity contribution < 1.29 is 4.79 Å². The SMILES string of the molecule is CC=CC(=O)NC1CCNC2(CCC2)C1. The average Bonchev–Trinajstić information content (AvgIpc) is 2.16. The molecule has 0 bridgehead atoms. The Balaban J connectivity index is 1.85. The van der Waals surface area contributed by atoms with Crippen LogP contribution in [0.25, 0.3) is 0 Å². The summed E-state index contributed by atoms with van der Waals surface area (Å²) in [5, 5.41) is 6.68. The van der Waals surface area contributed by atoms with Crippen molar-refractivity contribution in [3.8, 4) is 0 Å². The van der Waals surface area contributed by atoms with Crippen LogP contribution in [0.15, 0.2) is 12.2 Å². The van der Waals surface area contributed by atoms with Crippen LogP contribution in [0.4, 0.5) is 0 Å². The van der Waals surface area contributed by atoms with Crippen LogP contribution in [0.5, 0.6) is 0 Å². The van der Waals surface area contributed by atoms with E-state index in [1.807, 2.05) is 6.92 Å². The molecule has 1 unspecified atom stereocenters. The lowest BCUT2D eigenvalue weighted by molar-refractivity contribution is -0.117. The molecule has 1 atom stereocenters. The fourth-order valence-corrected chi connectivity index (χ4v) is 2.67. The van der Waals surface area contributed by atoms with Crippen LogP contribution in [0.2, 0.25) is 0 Å². The summed E-state index contributed by atoms with van der Waals surface area (Å²) in [5.74, 6) is 0.0545. The Hall–Kier alpha value is -0.830. The first-order valence-electron chi connectivity index (χ1n) is 5.92. The Morgan fingerprint density at radius 2 is 2.33 bits per heavy atom. The zero-order chi connectivity index (χ0) is 10.7. The molecule has 1 saturated carbocycles. The van der Waals surface area contributed by atoms with Crippen molar-refractivity contribution in [3.05, 3.63) is 12.2 Å². The van der Waals surface area contributed by atoms with Crippen molar-refractivity contribution in [2.75, 3.05) is 6.54 Å². The molecule has 3 heteroatoms. The Kier molecular flexibility index (Phi) is 3.10. The first kappa shape index (κ1) is 10.7. The maximum Gasteiger partial charge on any atom is 0.243 e. The van der Waals surface area contributed by atoms with E-state index in [9.17, 15) is 4.79 Å². The van der Waals surface area contributed by atoms with Gasteiger partial charge in [0.25, 0.3) is 0 Å². The molecule has 1 saturated heterocycles. The summed E-state index contributed by atoms with van der Waals surface area (Å²) >= 11 is 0. The van der Waals surface area contributed by atoms with Crippen molar-refractivity contribution in [1.29, 1.82) is 0 Å². The average molecular weight is 208 g/mol. The Bertz CT molecular complexity index is 269. The van der Waals surface area contributed by atoms with Gasteiger partial charge in [-0.05, 0) is 51.6 Å². The number of rotatable bonds is 2. The van der Waals surface area contributed by atoms with Crippen molar-refractivity contribution >= 4 is 5.91 Å². The highest BCUT2D eigenvalue weighted by molar-refractivity contribution is 5.87. The summed E-state index contributed by atoms with van der Waals surface area (Å²) in [4.78, 5) is 11.4. The molecule has 0 aromatic rings. The van der Waals surface area contributed by atoms with E-state index in [-0.39, 0.29) is 5.91 Å². The third-order valence-corrected chi connectivity index (χ3v) is 3.61. The van der Waals surface area contributed by atoms with Gasteiger partial charge in [0.2, 0.25) is 5.91 Å². The fourth-order valence-electron chi connectivity index (χ4n) is 2.67. The van der Waals surface area contributed by atoms with E-state index in [4.69, 9.17) is 0 Å². The summed E-state index contributed by atoms with van der Waals surface area (Å²) in [6.45, 7) is 2.91. The Morgan fingerprint density at radius 3 is 2.93 bits per heavy atom. The Morgan fingerprint density at radius 1 is 1.53 bits per heavy atom. The van der Waals surface area contributed by atoms with Crippen LogP contribution in [-0.4, -0.2) is 24.0 Å². The standard InChI is InChI=1S/C12H20N2O/c1-2-4-11(15)14-10-5-8-13-12(9-10)6-3-7-12/h2,4,10,13H,3,5-9H2,1H3,(H,14,15). The molecule has 2 aliphatic rings. The van der Waals surface area contributed by atoms with Gasteiger partial charge in [0.05, 0.1) is 0 Å². The van der Waals surface area contributed by atoms with Gasteiger partial charge < -0.3 is 10.6 Å². The minimum absolute atomic E-state index is 0.0545. The van der Waals surface area contributed by atoms with E-state index in [0.29, 0.717) is 11.6 Å². The number of hydrogen-bond acceptors (Lipinski definition) is 2. The van der Waals surface area contributed by atoms with Gasteiger partial charge in [-0.1, -0.05) is 6.08 Å². The zero-order valence-corrected chi connectivity index (χ0v) is 9.38.